The maximum atomic E-state index is 9.96. The minimum absolute atomic E-state index is 0.00992. The van der Waals surface area contributed by atoms with Gasteiger partial charge in [-0.05, 0) is 32.3 Å². The first-order chi connectivity index (χ1) is 8.11. The number of benzene rings is 1. The van der Waals surface area contributed by atoms with Gasteiger partial charge in [0.05, 0.1) is 0 Å². The molecule has 2 rings (SSSR count). The number of aromatic hydroxyl groups is 2. The molecule has 1 aromatic carbocycles. The van der Waals surface area contributed by atoms with E-state index in [1.807, 2.05) is 0 Å². The number of rotatable bonds is 1. The lowest BCUT2D eigenvalue weighted by atomic mass is 9.83. The highest BCUT2D eigenvalue weighted by molar-refractivity contribution is 5.55. The summed E-state index contributed by atoms with van der Waals surface area (Å²) in [5, 5.41) is 19.4. The molecule has 1 aromatic rings. The fourth-order valence-corrected chi connectivity index (χ4v) is 2.47. The third-order valence-corrected chi connectivity index (χ3v) is 3.24. The van der Waals surface area contributed by atoms with Gasteiger partial charge < -0.3 is 10.2 Å². The van der Waals surface area contributed by atoms with Crippen LogP contribution in [0.25, 0.3) is 0 Å². The molecular weight excluding hydrogens is 212 g/mol. The summed E-state index contributed by atoms with van der Waals surface area (Å²) in [5.41, 5.74) is 2.68. The molecule has 1 aliphatic rings. The summed E-state index contributed by atoms with van der Waals surface area (Å²) in [5.74, 6) is 2.80. The Morgan fingerprint density at radius 2 is 2.12 bits per heavy atom. The molecule has 2 heteroatoms. The van der Waals surface area contributed by atoms with Gasteiger partial charge in [-0.15, -0.1) is 6.42 Å². The van der Waals surface area contributed by atoms with E-state index in [1.54, 1.807) is 0 Å². The van der Waals surface area contributed by atoms with Crippen molar-refractivity contribution in [2.75, 3.05) is 0 Å². The third kappa shape index (κ3) is 2.29. The second-order valence-corrected chi connectivity index (χ2v) is 4.58. The van der Waals surface area contributed by atoms with Gasteiger partial charge in [-0.2, -0.15) is 0 Å². The number of terminal acetylenes is 1. The van der Waals surface area contributed by atoms with E-state index in [4.69, 9.17) is 6.42 Å². The van der Waals surface area contributed by atoms with E-state index in [9.17, 15) is 10.2 Å². The first-order valence-electron chi connectivity index (χ1n) is 5.81. The van der Waals surface area contributed by atoms with E-state index in [-0.39, 0.29) is 17.4 Å². The van der Waals surface area contributed by atoms with E-state index in [0.717, 1.165) is 24.8 Å². The number of phenols is 2. The van der Waals surface area contributed by atoms with E-state index in [2.05, 4.69) is 18.9 Å². The van der Waals surface area contributed by atoms with Gasteiger partial charge in [0.2, 0.25) is 0 Å². The zero-order valence-electron chi connectivity index (χ0n) is 9.90. The molecular formula is C15H16O2. The normalized spacial score (nSPS) is 19.5. The SMILES string of the molecule is C#Cc1cc(O)cc(O)c1C1C=C(C)CCC1. The first kappa shape index (κ1) is 11.6. The van der Waals surface area contributed by atoms with Gasteiger partial charge in [-0.25, -0.2) is 0 Å². The second-order valence-electron chi connectivity index (χ2n) is 4.58. The lowest BCUT2D eigenvalue weighted by Gasteiger charge is -2.22. The summed E-state index contributed by atoms with van der Waals surface area (Å²) in [7, 11) is 0. The van der Waals surface area contributed by atoms with E-state index < -0.39 is 0 Å². The highest BCUT2D eigenvalue weighted by Gasteiger charge is 2.20. The Bertz CT molecular complexity index is 506. The third-order valence-electron chi connectivity index (χ3n) is 3.24. The second kappa shape index (κ2) is 4.55. The van der Waals surface area contributed by atoms with Crippen molar-refractivity contribution in [3.8, 4) is 23.8 Å². The van der Waals surface area contributed by atoms with Crippen LogP contribution >= 0.6 is 0 Å². The van der Waals surface area contributed by atoms with Crippen LogP contribution in [0.15, 0.2) is 23.8 Å². The van der Waals surface area contributed by atoms with Crippen molar-refractivity contribution < 1.29 is 10.2 Å². The monoisotopic (exact) mass is 228 g/mol. The fourth-order valence-electron chi connectivity index (χ4n) is 2.47. The van der Waals surface area contributed by atoms with Crippen LogP contribution in [-0.4, -0.2) is 10.2 Å². The smallest absolute Gasteiger partial charge is 0.124 e. The Morgan fingerprint density at radius 1 is 1.35 bits per heavy atom. The van der Waals surface area contributed by atoms with Gasteiger partial charge in [0.15, 0.2) is 0 Å². The average molecular weight is 228 g/mol. The minimum atomic E-state index is 0.00992. The van der Waals surface area contributed by atoms with Crippen molar-refractivity contribution in [3.05, 3.63) is 34.9 Å². The Labute approximate surface area is 102 Å². The number of phenolic OH excluding ortho intramolecular Hbond substituents is 2. The Balaban J connectivity index is 2.52. The van der Waals surface area contributed by atoms with Gasteiger partial charge >= 0.3 is 0 Å². The molecule has 0 saturated heterocycles. The van der Waals surface area contributed by atoms with Crippen LogP contribution in [0, 0.1) is 12.3 Å². The molecule has 0 radical (unpaired) electrons. The van der Waals surface area contributed by atoms with Crippen LogP contribution in [0.3, 0.4) is 0 Å². The molecule has 0 fully saturated rings. The first-order valence-corrected chi connectivity index (χ1v) is 5.81. The van der Waals surface area contributed by atoms with Crippen LogP contribution in [0.1, 0.15) is 43.2 Å². The zero-order valence-corrected chi connectivity index (χ0v) is 9.90. The molecule has 0 aromatic heterocycles. The highest BCUT2D eigenvalue weighted by Crippen LogP contribution is 2.39. The maximum absolute atomic E-state index is 9.96. The van der Waals surface area contributed by atoms with Crippen molar-refractivity contribution in [3.63, 3.8) is 0 Å². The number of hydrogen-bond donors (Lipinski definition) is 2. The van der Waals surface area contributed by atoms with E-state index >= 15 is 0 Å². The summed E-state index contributed by atoms with van der Waals surface area (Å²) >= 11 is 0. The molecule has 17 heavy (non-hydrogen) atoms. The Morgan fingerprint density at radius 3 is 2.76 bits per heavy atom. The standard InChI is InChI=1S/C15H16O2/c1-3-11-8-13(16)9-14(17)15(11)12-6-4-5-10(2)7-12/h1,7-9,12,16-17H,4-6H2,2H3. The van der Waals surface area contributed by atoms with Crippen molar-refractivity contribution in [2.45, 2.75) is 32.1 Å². The average Bonchev–Trinajstić information content (AvgIpc) is 2.27. The molecule has 0 heterocycles. The Kier molecular flexibility index (Phi) is 3.10. The molecule has 1 unspecified atom stereocenters. The highest BCUT2D eigenvalue weighted by atomic mass is 16.3. The maximum Gasteiger partial charge on any atom is 0.124 e. The van der Waals surface area contributed by atoms with Crippen molar-refractivity contribution in [2.24, 2.45) is 0 Å². The quantitative estimate of drug-likeness (QED) is 0.572. The van der Waals surface area contributed by atoms with Crippen molar-refractivity contribution in [1.82, 2.24) is 0 Å². The van der Waals surface area contributed by atoms with Gasteiger partial charge in [0.1, 0.15) is 11.5 Å². The summed E-state index contributed by atoms with van der Waals surface area (Å²) in [4.78, 5) is 0. The van der Waals surface area contributed by atoms with Crippen LogP contribution < -0.4 is 0 Å². The van der Waals surface area contributed by atoms with Crippen LogP contribution in [0.4, 0.5) is 0 Å². The lowest BCUT2D eigenvalue weighted by molar-refractivity contribution is 0.441. The minimum Gasteiger partial charge on any atom is -0.508 e. The molecule has 2 nitrogen and oxygen atoms in total. The summed E-state index contributed by atoms with van der Waals surface area (Å²) < 4.78 is 0. The zero-order chi connectivity index (χ0) is 12.4. The van der Waals surface area contributed by atoms with Crippen LogP contribution in [0.5, 0.6) is 11.5 Å². The number of hydrogen-bond acceptors (Lipinski definition) is 2. The van der Waals surface area contributed by atoms with E-state index in [0.29, 0.717) is 5.56 Å². The summed E-state index contributed by atoms with van der Waals surface area (Å²) in [6.07, 6.45) is 10.8. The molecule has 0 bridgehead atoms. The molecule has 0 saturated carbocycles. The van der Waals surface area contributed by atoms with Gasteiger partial charge in [0.25, 0.3) is 0 Å². The van der Waals surface area contributed by atoms with Gasteiger partial charge in [0, 0.05) is 23.1 Å². The molecule has 0 spiro atoms. The molecule has 0 aliphatic heterocycles. The molecule has 2 N–H and O–H groups in total. The van der Waals surface area contributed by atoms with Crippen LogP contribution in [0.2, 0.25) is 0 Å². The summed E-state index contributed by atoms with van der Waals surface area (Å²) in [6, 6.07) is 2.89. The van der Waals surface area contributed by atoms with Gasteiger partial charge in [-0.1, -0.05) is 17.6 Å². The Hall–Kier alpha value is -1.88. The van der Waals surface area contributed by atoms with Gasteiger partial charge in [-0.3, -0.25) is 0 Å². The predicted molar refractivity (Wildman–Crippen MR) is 68.1 cm³/mol. The lowest BCUT2D eigenvalue weighted by Crippen LogP contribution is -2.04. The topological polar surface area (TPSA) is 40.5 Å². The fraction of sp³-hybridized carbons (Fsp3) is 0.333. The molecule has 88 valence electrons. The summed E-state index contributed by atoms with van der Waals surface area (Å²) in [6.45, 7) is 2.10. The van der Waals surface area contributed by atoms with Crippen molar-refractivity contribution >= 4 is 0 Å². The molecule has 1 aliphatic carbocycles. The van der Waals surface area contributed by atoms with Crippen molar-refractivity contribution in [1.29, 1.82) is 0 Å². The molecule has 1 atom stereocenters. The predicted octanol–water partition coefficient (Wildman–Crippen LogP) is 3.29. The van der Waals surface area contributed by atoms with E-state index in [1.165, 1.54) is 17.7 Å². The molecule has 0 amide bonds. The van der Waals surface area contributed by atoms with Crippen LogP contribution in [-0.2, 0) is 0 Å². The largest absolute Gasteiger partial charge is 0.508 e. The number of allylic oxidation sites excluding steroid dienone is 2.